The molecule has 13 N–H and O–H groups in total. The highest BCUT2D eigenvalue weighted by Gasteiger charge is 2.32. The molecule has 35 heavy (non-hydrogen) atoms. The minimum Gasteiger partial charge on any atom is -0.480 e. The number of guanidine groups is 1. The average Bonchev–Trinajstić information content (AvgIpc) is 3.14. The first-order valence-electron chi connectivity index (χ1n) is 11.3. The first-order valence-corrected chi connectivity index (χ1v) is 11.3. The van der Waals surface area contributed by atoms with Gasteiger partial charge in [0.05, 0.1) is 30.8 Å². The Kier molecular flexibility index (Phi) is 11.3. The van der Waals surface area contributed by atoms with Gasteiger partial charge in [0.25, 0.3) is 0 Å². The van der Waals surface area contributed by atoms with Crippen LogP contribution in [0.3, 0.4) is 0 Å². The summed E-state index contributed by atoms with van der Waals surface area (Å²) in [5, 5.41) is 34.4. The Bertz CT molecular complexity index is 808. The molecule has 4 amide bonds. The first kappa shape index (κ1) is 30.0. The highest BCUT2D eigenvalue weighted by atomic mass is 16.4. The summed E-state index contributed by atoms with van der Waals surface area (Å²) >= 11 is 0. The molecule has 15 heteroatoms. The van der Waals surface area contributed by atoms with Crippen LogP contribution < -0.4 is 33.6 Å². The normalized spacial score (nSPS) is 20.9. The van der Waals surface area contributed by atoms with Crippen LogP contribution in [0.5, 0.6) is 0 Å². The summed E-state index contributed by atoms with van der Waals surface area (Å²) in [6, 6.07) is -5.60. The van der Waals surface area contributed by atoms with E-state index < -0.39 is 66.2 Å². The van der Waals surface area contributed by atoms with Crippen molar-refractivity contribution >= 4 is 29.8 Å². The van der Waals surface area contributed by atoms with Crippen LogP contribution in [0.15, 0.2) is 4.99 Å². The number of carboxylic acid groups (broad SMARTS) is 1. The maximum absolute atomic E-state index is 12.4. The molecule has 1 aliphatic heterocycles. The van der Waals surface area contributed by atoms with E-state index in [1.807, 2.05) is 0 Å². The van der Waals surface area contributed by atoms with Crippen molar-refractivity contribution < 1.29 is 34.5 Å². The highest BCUT2D eigenvalue weighted by molar-refractivity contribution is 5.96. The highest BCUT2D eigenvalue weighted by Crippen LogP contribution is 2.16. The lowest BCUT2D eigenvalue weighted by Gasteiger charge is -2.25. The molecule has 0 fully saturated rings. The summed E-state index contributed by atoms with van der Waals surface area (Å²) in [4.78, 5) is 52.2. The fraction of sp³-hybridized carbons (Fsp3) is 0.750. The lowest BCUT2D eigenvalue weighted by molar-refractivity contribution is -0.143. The summed E-state index contributed by atoms with van der Waals surface area (Å²) < 4.78 is 0. The fourth-order valence-corrected chi connectivity index (χ4v) is 3.46. The van der Waals surface area contributed by atoms with E-state index in [1.54, 1.807) is 13.8 Å². The Balaban J connectivity index is 2.50. The smallest absolute Gasteiger partial charge is 0.326 e. The third-order valence-corrected chi connectivity index (χ3v) is 5.75. The van der Waals surface area contributed by atoms with Gasteiger partial charge < -0.3 is 48.9 Å². The number of aliphatic hydroxyl groups is 2. The summed E-state index contributed by atoms with van der Waals surface area (Å²) in [7, 11) is 0. The summed E-state index contributed by atoms with van der Waals surface area (Å²) in [5.74, 6) is -3.04. The fourth-order valence-electron chi connectivity index (χ4n) is 3.46. The Hall–Kier alpha value is -3.01. The summed E-state index contributed by atoms with van der Waals surface area (Å²) in [6.45, 7) is 4.73. The van der Waals surface area contributed by atoms with Gasteiger partial charge in [-0.05, 0) is 25.7 Å². The van der Waals surface area contributed by atoms with E-state index in [-0.39, 0.29) is 37.7 Å². The van der Waals surface area contributed by atoms with Crippen molar-refractivity contribution in [2.45, 2.75) is 82.5 Å². The van der Waals surface area contributed by atoms with Crippen molar-refractivity contribution in [3.63, 3.8) is 0 Å². The summed E-state index contributed by atoms with van der Waals surface area (Å²) in [5.41, 5.74) is 22.6. The number of rotatable bonds is 13. The van der Waals surface area contributed by atoms with E-state index in [2.05, 4.69) is 15.6 Å². The van der Waals surface area contributed by atoms with Crippen LogP contribution in [0, 0.1) is 5.92 Å². The predicted molar refractivity (Wildman–Crippen MR) is 126 cm³/mol. The second-order valence-corrected chi connectivity index (χ2v) is 9.03. The third-order valence-electron chi connectivity index (χ3n) is 5.75. The van der Waals surface area contributed by atoms with Crippen molar-refractivity contribution in [3.8, 4) is 0 Å². The van der Waals surface area contributed by atoms with Gasteiger partial charge in [-0.3, -0.25) is 14.5 Å². The molecule has 0 saturated carbocycles. The average molecular weight is 503 g/mol. The van der Waals surface area contributed by atoms with E-state index in [0.29, 0.717) is 0 Å². The number of primary amides is 1. The minimum atomic E-state index is -1.22. The number of nitrogens with two attached hydrogens (primary N) is 4. The number of nitrogens with one attached hydrogen (secondary N) is 2. The van der Waals surface area contributed by atoms with E-state index in [0.717, 1.165) is 4.90 Å². The molecule has 15 nitrogen and oxygen atoms in total. The second kappa shape index (κ2) is 13.2. The molecule has 0 aliphatic carbocycles. The number of nitrogens with zero attached hydrogens (tertiary/aromatic N) is 2. The van der Waals surface area contributed by atoms with Gasteiger partial charge in [-0.1, -0.05) is 13.8 Å². The maximum Gasteiger partial charge on any atom is 0.326 e. The van der Waals surface area contributed by atoms with Crippen molar-refractivity contribution in [2.75, 3.05) is 6.54 Å². The molecule has 0 aromatic rings. The molecule has 0 bridgehead atoms. The molecule has 0 spiro atoms. The van der Waals surface area contributed by atoms with Crippen molar-refractivity contribution in [2.24, 2.45) is 33.8 Å². The van der Waals surface area contributed by atoms with Crippen LogP contribution in [0.4, 0.5) is 4.79 Å². The number of urea groups is 1. The molecule has 5 unspecified atom stereocenters. The maximum atomic E-state index is 12.4. The van der Waals surface area contributed by atoms with Crippen molar-refractivity contribution in [1.82, 2.24) is 15.5 Å². The monoisotopic (exact) mass is 502 g/mol. The Morgan fingerprint density at radius 1 is 1.06 bits per heavy atom. The molecular formula is C20H38N8O7. The number of carboxylic acids is 1. The molecule has 1 heterocycles. The van der Waals surface area contributed by atoms with Gasteiger partial charge in [0.1, 0.15) is 12.1 Å². The molecule has 0 aromatic heterocycles. The number of aliphatic hydroxyl groups excluding tert-OH is 2. The van der Waals surface area contributed by atoms with Crippen LogP contribution in [0.25, 0.3) is 0 Å². The lowest BCUT2D eigenvalue weighted by Crippen LogP contribution is -2.57. The Morgan fingerprint density at radius 3 is 2.14 bits per heavy atom. The Labute approximate surface area is 203 Å². The topological polar surface area (TPSA) is 273 Å². The van der Waals surface area contributed by atoms with Crippen LogP contribution >= 0.6 is 0 Å². The quantitative estimate of drug-likeness (QED) is 0.119. The minimum absolute atomic E-state index is 0.0134. The number of hydrogen-bond donors (Lipinski definition) is 9. The van der Waals surface area contributed by atoms with Crippen molar-refractivity contribution in [1.29, 1.82) is 0 Å². The molecule has 0 radical (unpaired) electrons. The second-order valence-electron chi connectivity index (χ2n) is 9.03. The summed E-state index contributed by atoms with van der Waals surface area (Å²) in [6.07, 6.45) is -2.30. The zero-order chi connectivity index (χ0) is 27.0. The molecule has 1 rings (SSSR count). The van der Waals surface area contributed by atoms with Crippen LogP contribution in [0.2, 0.25) is 0 Å². The van der Waals surface area contributed by atoms with E-state index >= 15 is 0 Å². The molecule has 7 atom stereocenters. The zero-order valence-electron chi connectivity index (χ0n) is 20.1. The van der Waals surface area contributed by atoms with Gasteiger partial charge >= 0.3 is 12.0 Å². The van der Waals surface area contributed by atoms with Gasteiger partial charge in [0.15, 0.2) is 5.96 Å². The van der Waals surface area contributed by atoms with Gasteiger partial charge in [0, 0.05) is 12.5 Å². The molecular weight excluding hydrogens is 464 g/mol. The lowest BCUT2D eigenvalue weighted by atomic mass is 9.96. The van der Waals surface area contributed by atoms with E-state index in [9.17, 15) is 34.5 Å². The van der Waals surface area contributed by atoms with Crippen LogP contribution in [-0.4, -0.2) is 99.0 Å². The third kappa shape index (κ3) is 8.93. The number of carbonyl (C=O) groups excluding carboxylic acids is 3. The van der Waals surface area contributed by atoms with Crippen LogP contribution in [0.1, 0.15) is 40.0 Å². The number of aliphatic imine (C=N–C) groups is 1. The molecule has 200 valence electrons. The van der Waals surface area contributed by atoms with Gasteiger partial charge in [0.2, 0.25) is 11.8 Å². The SMILES string of the molecule is CC(C)[C@H](NC(=O)[C@H](C)NC(=O)C(N)C(N)CCC(O)C(O)CC1CN(C(N)=O)C(N)=N1)C(=O)O. The standard InChI is InChI=1S/C20H38N8O7/c1-8(2)15(18(33)34)27-16(31)9(3)25-17(32)14(22)11(21)4-5-12(29)13(30)6-10-7-28(20(24)35)19(23)26-10/h8-15,29-30H,4-7,21-22H2,1-3H3,(H2,23,26)(H2,24,35)(H,25,32)(H,27,31)(H,33,34)/t9-,10?,11?,12?,13?,14?,15-/m0/s1. The van der Waals surface area contributed by atoms with Crippen molar-refractivity contribution in [3.05, 3.63) is 0 Å². The molecule has 0 saturated heterocycles. The number of hydrogen-bond acceptors (Lipinski definition) is 10. The Morgan fingerprint density at radius 2 is 1.66 bits per heavy atom. The van der Waals surface area contributed by atoms with Gasteiger partial charge in [-0.25, -0.2) is 14.6 Å². The van der Waals surface area contributed by atoms with E-state index in [4.69, 9.17) is 22.9 Å². The van der Waals surface area contributed by atoms with E-state index in [1.165, 1.54) is 6.92 Å². The van der Waals surface area contributed by atoms with Gasteiger partial charge in [-0.2, -0.15) is 0 Å². The first-order chi connectivity index (χ1) is 16.1. The predicted octanol–water partition coefficient (Wildman–Crippen LogP) is -3.66. The van der Waals surface area contributed by atoms with Crippen LogP contribution in [-0.2, 0) is 14.4 Å². The number of aliphatic carboxylic acids is 1. The van der Waals surface area contributed by atoms with Gasteiger partial charge in [-0.15, -0.1) is 0 Å². The number of carbonyl (C=O) groups is 4. The largest absolute Gasteiger partial charge is 0.480 e. The number of amides is 4. The zero-order valence-corrected chi connectivity index (χ0v) is 20.1. The molecule has 0 aromatic carbocycles. The molecule has 1 aliphatic rings.